The van der Waals surface area contributed by atoms with Crippen molar-refractivity contribution in [3.63, 3.8) is 0 Å². The molecule has 0 aliphatic heterocycles. The van der Waals surface area contributed by atoms with Crippen LogP contribution in [-0.2, 0) is 11.3 Å². The zero-order chi connectivity index (χ0) is 20.0. The first-order valence-corrected chi connectivity index (χ1v) is 9.19. The number of ether oxygens (including phenoxy) is 2. The zero-order valence-electron chi connectivity index (χ0n) is 15.8. The molecule has 2 aromatic carbocycles. The molecule has 7 heteroatoms. The van der Waals surface area contributed by atoms with E-state index in [1.54, 1.807) is 37.5 Å². The third-order valence-electron chi connectivity index (χ3n) is 4.08. The fraction of sp³-hybridized carbons (Fsp3) is 0.300. The number of carbonyl (C=O) groups is 1. The van der Waals surface area contributed by atoms with Gasteiger partial charge in [-0.2, -0.15) is 0 Å². The molecule has 0 heterocycles. The number of aryl methyl sites for hydroxylation is 1. The lowest BCUT2D eigenvalue weighted by atomic mass is 10.1. The van der Waals surface area contributed by atoms with Gasteiger partial charge in [-0.25, -0.2) is 14.2 Å². The molecule has 0 radical (unpaired) electrons. The van der Waals surface area contributed by atoms with Crippen molar-refractivity contribution in [3.8, 4) is 5.75 Å². The van der Waals surface area contributed by atoms with Gasteiger partial charge in [0.2, 0.25) is 0 Å². The second kappa shape index (κ2) is 9.50. The first kappa shape index (κ1) is 20.9. The van der Waals surface area contributed by atoms with Crippen molar-refractivity contribution in [2.24, 2.45) is 4.99 Å². The Morgan fingerprint density at radius 3 is 2.74 bits per heavy atom. The minimum absolute atomic E-state index is 0.153. The maximum Gasteiger partial charge on any atom is 0.342 e. The molecule has 0 saturated heterocycles. The third-order valence-corrected chi connectivity index (χ3v) is 4.72. The van der Waals surface area contributed by atoms with Gasteiger partial charge in [-0.15, -0.1) is 0 Å². The Labute approximate surface area is 166 Å². The molecule has 2 aromatic rings. The predicted octanol–water partition coefficient (Wildman–Crippen LogP) is 4.87. The quantitative estimate of drug-likeness (QED) is 0.352. The first-order chi connectivity index (χ1) is 12.9. The smallest absolute Gasteiger partial charge is 0.342 e. The highest BCUT2D eigenvalue weighted by Crippen LogP contribution is 2.33. The number of rotatable bonds is 7. The van der Waals surface area contributed by atoms with Crippen molar-refractivity contribution in [2.45, 2.75) is 20.5 Å². The maximum atomic E-state index is 13.9. The van der Waals surface area contributed by atoms with Crippen LogP contribution in [0.1, 0.15) is 28.4 Å². The Morgan fingerprint density at radius 1 is 1.37 bits per heavy atom. The van der Waals surface area contributed by atoms with Crippen LogP contribution >= 0.6 is 15.9 Å². The third kappa shape index (κ3) is 5.29. The van der Waals surface area contributed by atoms with Gasteiger partial charge in [0, 0.05) is 29.7 Å². The molecule has 0 aliphatic rings. The average molecular weight is 437 g/mol. The molecule has 27 heavy (non-hydrogen) atoms. The summed E-state index contributed by atoms with van der Waals surface area (Å²) in [4.78, 5) is 18.8. The lowest BCUT2D eigenvalue weighted by molar-refractivity contribution is 0.0464. The Hall–Kier alpha value is -2.41. The normalized spacial score (nSPS) is 10.9. The van der Waals surface area contributed by atoms with E-state index in [9.17, 15) is 9.18 Å². The minimum Gasteiger partial charge on any atom is -0.496 e. The van der Waals surface area contributed by atoms with Crippen molar-refractivity contribution in [1.82, 2.24) is 4.90 Å². The molecule has 5 nitrogen and oxygen atoms in total. The van der Waals surface area contributed by atoms with Gasteiger partial charge in [-0.1, -0.05) is 12.1 Å². The van der Waals surface area contributed by atoms with E-state index >= 15 is 0 Å². The van der Waals surface area contributed by atoms with Crippen LogP contribution in [-0.4, -0.2) is 37.9 Å². The fourth-order valence-electron chi connectivity index (χ4n) is 2.28. The number of benzene rings is 2. The van der Waals surface area contributed by atoms with Crippen molar-refractivity contribution in [1.29, 1.82) is 0 Å². The molecule has 0 aromatic heterocycles. The van der Waals surface area contributed by atoms with Crippen molar-refractivity contribution < 1.29 is 18.7 Å². The highest BCUT2D eigenvalue weighted by atomic mass is 79.9. The van der Waals surface area contributed by atoms with E-state index in [1.165, 1.54) is 13.2 Å². The average Bonchev–Trinajstić information content (AvgIpc) is 2.65. The van der Waals surface area contributed by atoms with Gasteiger partial charge >= 0.3 is 5.97 Å². The summed E-state index contributed by atoms with van der Waals surface area (Å²) in [6.07, 6.45) is 1.69. The maximum absolute atomic E-state index is 13.9. The Balaban J connectivity index is 2.23. The van der Waals surface area contributed by atoms with Gasteiger partial charge in [-0.05, 0) is 47.5 Å². The summed E-state index contributed by atoms with van der Waals surface area (Å²) in [7, 11) is 3.37. The van der Waals surface area contributed by atoms with E-state index in [1.807, 2.05) is 18.9 Å². The highest BCUT2D eigenvalue weighted by molar-refractivity contribution is 9.10. The van der Waals surface area contributed by atoms with Crippen LogP contribution in [0.15, 0.2) is 39.8 Å². The van der Waals surface area contributed by atoms with Crippen LogP contribution in [0.3, 0.4) is 0 Å². The predicted molar refractivity (Wildman–Crippen MR) is 107 cm³/mol. The number of esters is 1. The van der Waals surface area contributed by atoms with E-state index in [0.717, 1.165) is 12.1 Å². The van der Waals surface area contributed by atoms with Crippen molar-refractivity contribution in [2.75, 3.05) is 20.7 Å². The van der Waals surface area contributed by atoms with Gasteiger partial charge in [-0.3, -0.25) is 0 Å². The number of methoxy groups -OCH3 is 1. The Kier molecular flexibility index (Phi) is 7.36. The molecule has 0 bridgehead atoms. The van der Waals surface area contributed by atoms with E-state index < -0.39 is 11.8 Å². The lowest BCUT2D eigenvalue weighted by Gasteiger charge is -2.13. The summed E-state index contributed by atoms with van der Waals surface area (Å²) in [5.41, 5.74) is 1.93. The molecule has 0 atom stereocenters. The molecule has 0 spiro atoms. The van der Waals surface area contributed by atoms with E-state index in [-0.39, 0.29) is 12.2 Å². The number of carbonyl (C=O) groups excluding carboxylic acids is 1. The summed E-state index contributed by atoms with van der Waals surface area (Å²) >= 11 is 3.41. The SMILES string of the molecule is CCN(C)C=Nc1cc(OC)c(C(=O)OCc2c(C)cccc2F)cc1Br. The summed E-state index contributed by atoms with van der Waals surface area (Å²) in [5.74, 6) is -0.670. The molecule has 0 amide bonds. The monoisotopic (exact) mass is 436 g/mol. The minimum atomic E-state index is -0.601. The van der Waals surface area contributed by atoms with E-state index in [4.69, 9.17) is 9.47 Å². The first-order valence-electron chi connectivity index (χ1n) is 8.40. The molecule has 0 unspecified atom stereocenters. The summed E-state index contributed by atoms with van der Waals surface area (Å²) < 4.78 is 25.1. The summed E-state index contributed by atoms with van der Waals surface area (Å²) in [5, 5.41) is 0. The van der Waals surface area contributed by atoms with Crippen LogP contribution < -0.4 is 4.74 Å². The number of aliphatic imine (C=N–C) groups is 1. The van der Waals surface area contributed by atoms with Gasteiger partial charge in [0.15, 0.2) is 0 Å². The van der Waals surface area contributed by atoms with Crippen LogP contribution in [0.4, 0.5) is 10.1 Å². The van der Waals surface area contributed by atoms with E-state index in [0.29, 0.717) is 21.5 Å². The summed E-state index contributed by atoms with van der Waals surface area (Å²) in [6.45, 7) is 4.44. The number of hydrogen-bond donors (Lipinski definition) is 0. The molecule has 2 rings (SSSR count). The van der Waals surface area contributed by atoms with Crippen LogP contribution in [0.2, 0.25) is 0 Å². The standard InChI is InChI=1S/C20H22BrFN2O3/c1-5-24(3)12-23-18-10-19(26-4)14(9-16(18)21)20(25)27-11-15-13(2)7-6-8-17(15)22/h6-10,12H,5,11H2,1-4H3. The molecule has 0 fully saturated rings. The molecule has 0 aliphatic carbocycles. The molecule has 0 N–H and O–H groups in total. The second-order valence-electron chi connectivity index (χ2n) is 5.93. The van der Waals surface area contributed by atoms with Crippen LogP contribution in [0, 0.1) is 12.7 Å². The largest absolute Gasteiger partial charge is 0.496 e. The molecule has 0 saturated carbocycles. The van der Waals surface area contributed by atoms with Gasteiger partial charge in [0.1, 0.15) is 23.7 Å². The topological polar surface area (TPSA) is 51.1 Å². The Morgan fingerprint density at radius 2 is 2.11 bits per heavy atom. The Bertz CT molecular complexity index is 835. The van der Waals surface area contributed by atoms with Gasteiger partial charge in [0.05, 0.1) is 19.1 Å². The fourth-order valence-corrected chi connectivity index (χ4v) is 2.72. The van der Waals surface area contributed by atoms with Crippen LogP contribution in [0.25, 0.3) is 0 Å². The van der Waals surface area contributed by atoms with Crippen molar-refractivity contribution >= 4 is 33.9 Å². The molecular formula is C20H22BrFN2O3. The number of halogens is 2. The van der Waals surface area contributed by atoms with Gasteiger partial charge in [0.25, 0.3) is 0 Å². The number of hydrogen-bond acceptors (Lipinski definition) is 4. The number of nitrogens with zero attached hydrogens (tertiary/aromatic N) is 2. The van der Waals surface area contributed by atoms with Crippen LogP contribution in [0.5, 0.6) is 5.75 Å². The summed E-state index contributed by atoms with van der Waals surface area (Å²) in [6, 6.07) is 7.96. The molecule has 144 valence electrons. The zero-order valence-corrected chi connectivity index (χ0v) is 17.3. The van der Waals surface area contributed by atoms with E-state index in [2.05, 4.69) is 20.9 Å². The second-order valence-corrected chi connectivity index (χ2v) is 6.79. The molecular weight excluding hydrogens is 415 g/mol. The van der Waals surface area contributed by atoms with Crippen molar-refractivity contribution in [3.05, 3.63) is 57.3 Å². The highest BCUT2D eigenvalue weighted by Gasteiger charge is 2.18. The van der Waals surface area contributed by atoms with Gasteiger partial charge < -0.3 is 14.4 Å². The lowest BCUT2D eigenvalue weighted by Crippen LogP contribution is -2.14.